The summed E-state index contributed by atoms with van der Waals surface area (Å²) >= 11 is 0. The first kappa shape index (κ1) is 27.6. The number of esters is 1. The molecule has 0 bridgehead atoms. The highest BCUT2D eigenvalue weighted by atomic mass is 31.2. The van der Waals surface area contributed by atoms with Crippen LogP contribution < -0.4 is 10.6 Å². The highest BCUT2D eigenvalue weighted by Crippen LogP contribution is 2.60. The van der Waals surface area contributed by atoms with E-state index in [4.69, 9.17) is 4.74 Å². The summed E-state index contributed by atoms with van der Waals surface area (Å²) in [7, 11) is -3.80. The average molecular weight is 582 g/mol. The summed E-state index contributed by atoms with van der Waals surface area (Å²) in [6, 6.07) is 29.5. The molecule has 0 radical (unpaired) electrons. The van der Waals surface area contributed by atoms with Crippen molar-refractivity contribution in [3.8, 4) is 5.69 Å². The van der Waals surface area contributed by atoms with Gasteiger partial charge < -0.3 is 4.74 Å². The second-order valence-corrected chi connectivity index (χ2v) is 13.0. The summed E-state index contributed by atoms with van der Waals surface area (Å²) in [5.41, 5.74) is 0.748. The zero-order valence-corrected chi connectivity index (χ0v) is 24.1. The number of benzene rings is 4. The molecule has 2 atom stereocenters. The largest absolute Gasteiger partial charge is 0.466 e. The average Bonchev–Trinajstić information content (AvgIpc) is 3.56. The quantitative estimate of drug-likeness (QED) is 0.181. The van der Waals surface area contributed by atoms with Crippen molar-refractivity contribution in [2.45, 2.75) is 25.8 Å². The normalized spacial score (nSPS) is 18.9. The van der Waals surface area contributed by atoms with Crippen molar-refractivity contribution in [2.24, 2.45) is 5.92 Å². The van der Waals surface area contributed by atoms with Gasteiger partial charge >= 0.3 is 5.97 Å². The third-order valence-electron chi connectivity index (χ3n) is 8.02. The van der Waals surface area contributed by atoms with E-state index in [-0.39, 0.29) is 18.8 Å². The first-order valence-electron chi connectivity index (χ1n) is 13.7. The molecule has 1 fully saturated rings. The van der Waals surface area contributed by atoms with Gasteiger partial charge in [-0.1, -0.05) is 42.5 Å². The maximum absolute atomic E-state index is 15.5. The third-order valence-corrected chi connectivity index (χ3v) is 11.2. The molecule has 1 amide bonds. The number of aromatic nitrogens is 2. The standard InChI is InChI=1S/C33H29FN3O4P/c1-3-41-32(39)29-21-31(38)37(42(40,27-10-6-4-7-11-27)28-12-8-5-9-13-28)33(29,2)24-14-19-30-23(20-24)22-35-36(30)26-17-15-25(34)16-18-26/h4-20,22,29H,3,21H2,1-2H3. The van der Waals surface area contributed by atoms with E-state index in [9.17, 15) is 14.0 Å². The maximum atomic E-state index is 15.5. The molecule has 0 spiro atoms. The molecule has 9 heteroatoms. The number of amides is 1. The third kappa shape index (κ3) is 4.34. The first-order chi connectivity index (χ1) is 20.3. The minimum atomic E-state index is -3.80. The van der Waals surface area contributed by atoms with Gasteiger partial charge in [0, 0.05) is 22.4 Å². The van der Waals surface area contributed by atoms with Crippen LogP contribution in [0.1, 0.15) is 25.8 Å². The van der Waals surface area contributed by atoms with Crippen LogP contribution in [0.15, 0.2) is 109 Å². The number of fused-ring (bicyclic) bond motifs is 1. The highest BCUT2D eigenvalue weighted by molar-refractivity contribution is 7.77. The van der Waals surface area contributed by atoms with E-state index in [1.165, 1.54) is 16.8 Å². The number of rotatable bonds is 7. The number of nitrogens with zero attached hydrogens (tertiary/aromatic N) is 3. The smallest absolute Gasteiger partial charge is 0.312 e. The first-order valence-corrected chi connectivity index (χ1v) is 15.4. The molecular formula is C33H29FN3O4P. The minimum absolute atomic E-state index is 0.147. The van der Waals surface area contributed by atoms with Crippen LogP contribution in [0.5, 0.6) is 0 Å². The Balaban J connectivity index is 1.57. The fourth-order valence-corrected chi connectivity index (χ4v) is 9.12. The van der Waals surface area contributed by atoms with Crippen LogP contribution in [0.25, 0.3) is 16.6 Å². The molecule has 2 heterocycles. The van der Waals surface area contributed by atoms with Gasteiger partial charge in [0.15, 0.2) is 0 Å². The molecule has 0 aliphatic carbocycles. The number of hydrogen-bond acceptors (Lipinski definition) is 5. The molecule has 212 valence electrons. The predicted octanol–water partition coefficient (Wildman–Crippen LogP) is 5.72. The molecule has 2 unspecified atom stereocenters. The van der Waals surface area contributed by atoms with Crippen LogP contribution in [0.3, 0.4) is 0 Å². The van der Waals surface area contributed by atoms with Crippen molar-refractivity contribution in [3.05, 3.63) is 121 Å². The molecule has 0 saturated carbocycles. The zero-order chi connectivity index (χ0) is 29.5. The van der Waals surface area contributed by atoms with Gasteiger partial charge in [0.1, 0.15) is 5.82 Å². The number of carbonyl (C=O) groups is 2. The van der Waals surface area contributed by atoms with Gasteiger partial charge in [0.05, 0.1) is 35.5 Å². The van der Waals surface area contributed by atoms with E-state index in [2.05, 4.69) is 5.10 Å². The molecule has 1 aliphatic heterocycles. The fraction of sp³-hybridized carbons (Fsp3) is 0.182. The van der Waals surface area contributed by atoms with E-state index >= 15 is 4.57 Å². The van der Waals surface area contributed by atoms with Crippen LogP contribution in [0.4, 0.5) is 4.39 Å². The molecule has 5 aromatic rings. The van der Waals surface area contributed by atoms with Gasteiger partial charge in [-0.05, 0) is 80.1 Å². The van der Waals surface area contributed by atoms with Gasteiger partial charge in [-0.2, -0.15) is 5.10 Å². The summed E-state index contributed by atoms with van der Waals surface area (Å²) in [6.07, 6.45) is 1.53. The Labute approximate surface area is 243 Å². The van der Waals surface area contributed by atoms with Crippen LogP contribution in [-0.2, 0) is 24.4 Å². The van der Waals surface area contributed by atoms with E-state index < -0.39 is 30.6 Å². The number of hydrogen-bond donors (Lipinski definition) is 0. The molecule has 1 aliphatic rings. The lowest BCUT2D eigenvalue weighted by Crippen LogP contribution is -2.48. The van der Waals surface area contributed by atoms with Crippen molar-refractivity contribution >= 4 is 40.7 Å². The van der Waals surface area contributed by atoms with E-state index in [1.807, 2.05) is 30.3 Å². The minimum Gasteiger partial charge on any atom is -0.466 e. The van der Waals surface area contributed by atoms with Crippen LogP contribution in [0.2, 0.25) is 0 Å². The molecule has 4 aromatic carbocycles. The molecule has 42 heavy (non-hydrogen) atoms. The predicted molar refractivity (Wildman–Crippen MR) is 160 cm³/mol. The van der Waals surface area contributed by atoms with Crippen molar-refractivity contribution in [1.29, 1.82) is 0 Å². The Morgan fingerprint density at radius 3 is 2.19 bits per heavy atom. The maximum Gasteiger partial charge on any atom is 0.312 e. The molecule has 1 saturated heterocycles. The summed E-state index contributed by atoms with van der Waals surface area (Å²) in [6.45, 7) is 3.67. The number of ether oxygens (including phenoxy) is 1. The van der Waals surface area contributed by atoms with Crippen LogP contribution >= 0.6 is 7.29 Å². The Morgan fingerprint density at radius 2 is 1.60 bits per heavy atom. The van der Waals surface area contributed by atoms with Crippen molar-refractivity contribution in [2.75, 3.05) is 6.61 Å². The van der Waals surface area contributed by atoms with Crippen molar-refractivity contribution < 1.29 is 23.3 Å². The van der Waals surface area contributed by atoms with Gasteiger partial charge in [-0.3, -0.25) is 18.8 Å². The second kappa shape index (κ2) is 10.7. The lowest BCUT2D eigenvalue weighted by atomic mass is 9.80. The van der Waals surface area contributed by atoms with Gasteiger partial charge in [0.25, 0.3) is 0 Å². The summed E-state index contributed by atoms with van der Waals surface area (Å²) < 4.78 is 37.7. The molecule has 1 aromatic heterocycles. The zero-order valence-electron chi connectivity index (χ0n) is 23.2. The van der Waals surface area contributed by atoms with Gasteiger partial charge in [0.2, 0.25) is 13.2 Å². The van der Waals surface area contributed by atoms with E-state index in [0.29, 0.717) is 21.9 Å². The summed E-state index contributed by atoms with van der Waals surface area (Å²) in [4.78, 5) is 27.5. The fourth-order valence-electron chi connectivity index (χ4n) is 5.97. The molecule has 6 rings (SSSR count). The van der Waals surface area contributed by atoms with Gasteiger partial charge in [-0.15, -0.1) is 0 Å². The highest BCUT2D eigenvalue weighted by Gasteiger charge is 2.60. The van der Waals surface area contributed by atoms with E-state index in [1.54, 1.807) is 85.4 Å². The topological polar surface area (TPSA) is 81.5 Å². The van der Waals surface area contributed by atoms with Crippen LogP contribution in [0, 0.1) is 11.7 Å². The monoisotopic (exact) mass is 581 g/mol. The lowest BCUT2D eigenvalue weighted by Gasteiger charge is -2.43. The Kier molecular flexibility index (Phi) is 7.03. The van der Waals surface area contributed by atoms with Gasteiger partial charge in [-0.25, -0.2) is 9.07 Å². The Hall–Kier alpha value is -4.55. The van der Waals surface area contributed by atoms with Crippen molar-refractivity contribution in [3.63, 3.8) is 0 Å². The molecule has 7 nitrogen and oxygen atoms in total. The van der Waals surface area contributed by atoms with Crippen molar-refractivity contribution in [1.82, 2.24) is 14.5 Å². The molecular weight excluding hydrogens is 552 g/mol. The van der Waals surface area contributed by atoms with E-state index in [0.717, 1.165) is 10.9 Å². The lowest BCUT2D eigenvalue weighted by molar-refractivity contribution is -0.150. The number of halogens is 1. The molecule has 0 N–H and O–H groups in total. The Morgan fingerprint density at radius 1 is 0.976 bits per heavy atom. The summed E-state index contributed by atoms with van der Waals surface area (Å²) in [5.74, 6) is -2.17. The SMILES string of the molecule is CCOC(=O)C1CC(=O)N(P(=O)(c2ccccc2)c2ccccc2)C1(C)c1ccc2c(cnn2-c2ccc(F)cc2)c1. The Bertz CT molecular complexity index is 1780. The summed E-state index contributed by atoms with van der Waals surface area (Å²) in [5, 5.41) is 6.24. The van der Waals surface area contributed by atoms with Crippen LogP contribution in [-0.4, -0.2) is 32.9 Å². The second-order valence-electron chi connectivity index (χ2n) is 10.4. The number of carbonyl (C=O) groups excluding carboxylic acids is 2.